The van der Waals surface area contributed by atoms with Gasteiger partial charge in [-0.25, -0.2) is 13.2 Å². The van der Waals surface area contributed by atoms with Crippen LogP contribution >= 0.6 is 0 Å². The molecular weight excluding hydrogens is 530 g/mol. The minimum atomic E-state index is -4.08. The summed E-state index contributed by atoms with van der Waals surface area (Å²) >= 11 is 0. The second-order valence-electron chi connectivity index (χ2n) is 9.81. The van der Waals surface area contributed by atoms with Crippen molar-refractivity contribution in [3.05, 3.63) is 89.7 Å². The van der Waals surface area contributed by atoms with Crippen LogP contribution in [-0.4, -0.2) is 63.0 Å². The van der Waals surface area contributed by atoms with Crippen LogP contribution in [0.15, 0.2) is 82.1 Å². The number of carbonyl (C=O) groups is 2. The third-order valence-corrected chi connectivity index (χ3v) is 9.16. The average molecular weight is 562 g/mol. The first-order chi connectivity index (χ1) is 19.2. The first-order valence-corrected chi connectivity index (χ1v) is 14.5. The fourth-order valence-electron chi connectivity index (χ4n) is 5.14. The van der Waals surface area contributed by atoms with Crippen molar-refractivity contribution in [2.45, 2.75) is 25.2 Å². The summed E-state index contributed by atoms with van der Waals surface area (Å²) in [6, 6.07) is 21.6. The third kappa shape index (κ3) is 5.27. The van der Waals surface area contributed by atoms with Crippen molar-refractivity contribution in [2.75, 3.05) is 41.9 Å². The van der Waals surface area contributed by atoms with Gasteiger partial charge in [-0.15, -0.1) is 0 Å². The molecule has 0 spiro atoms. The number of carbonyl (C=O) groups excluding carboxylic acids is 1. The Balaban J connectivity index is 1.57. The maximum absolute atomic E-state index is 14.3. The van der Waals surface area contributed by atoms with Gasteiger partial charge in [0.1, 0.15) is 5.58 Å². The fraction of sp³-hybridized carbons (Fsp3) is 0.267. The standard InChI is InChI=1S/C30H31N3O6S/c1-21-25-20-24(12-13-28(25)39-29(21)30(35)36)40(37,38)33(15-14-23-8-4-3-5-9-23)27-11-7-6-10-26(27)32-18-16-31(17-19-32)22(2)34/h3-13,20H,14-19H2,1-2H3,(H,35,36). The molecule has 1 aliphatic heterocycles. The third-order valence-electron chi connectivity index (χ3n) is 7.35. The van der Waals surface area contributed by atoms with E-state index in [2.05, 4.69) is 4.90 Å². The van der Waals surface area contributed by atoms with E-state index in [0.29, 0.717) is 54.8 Å². The molecule has 10 heteroatoms. The van der Waals surface area contributed by atoms with E-state index in [4.69, 9.17) is 4.42 Å². The minimum absolute atomic E-state index is 0.0241. The number of furan rings is 1. The fourth-order valence-corrected chi connectivity index (χ4v) is 6.65. The van der Waals surface area contributed by atoms with Crippen LogP contribution in [0.4, 0.5) is 11.4 Å². The quantitative estimate of drug-likeness (QED) is 0.336. The highest BCUT2D eigenvalue weighted by Gasteiger charge is 2.30. The highest BCUT2D eigenvalue weighted by molar-refractivity contribution is 7.92. The summed E-state index contributed by atoms with van der Waals surface area (Å²) in [4.78, 5) is 27.4. The summed E-state index contributed by atoms with van der Waals surface area (Å²) in [5.41, 5.74) is 3.01. The highest BCUT2D eigenvalue weighted by Crippen LogP contribution is 2.36. The van der Waals surface area contributed by atoms with E-state index < -0.39 is 16.0 Å². The Bertz CT molecular complexity index is 1660. The number of hydrogen-bond acceptors (Lipinski definition) is 6. The molecule has 0 saturated carbocycles. The van der Waals surface area contributed by atoms with Crippen LogP contribution in [0.5, 0.6) is 0 Å². The normalized spacial score (nSPS) is 13.9. The molecular formula is C30H31N3O6S. The molecule has 1 saturated heterocycles. The number of amides is 1. The molecule has 4 aromatic rings. The summed E-state index contributed by atoms with van der Waals surface area (Å²) in [7, 11) is -4.08. The Labute approximate surface area is 233 Å². The number of hydrogen-bond donors (Lipinski definition) is 1. The van der Waals surface area contributed by atoms with Crippen LogP contribution < -0.4 is 9.21 Å². The number of carboxylic acid groups (broad SMARTS) is 1. The lowest BCUT2D eigenvalue weighted by Gasteiger charge is -2.38. The van der Waals surface area contributed by atoms with Crippen LogP contribution in [-0.2, 0) is 21.2 Å². The first-order valence-electron chi connectivity index (χ1n) is 13.1. The molecule has 1 amide bonds. The van der Waals surface area contributed by atoms with Gasteiger partial charge in [0.25, 0.3) is 10.0 Å². The summed E-state index contributed by atoms with van der Waals surface area (Å²) < 4.78 is 35.6. The lowest BCUT2D eigenvalue weighted by Crippen LogP contribution is -2.48. The molecule has 1 N–H and O–H groups in total. The number of aryl methyl sites for hydroxylation is 1. The number of nitrogens with zero attached hydrogens (tertiary/aromatic N) is 3. The van der Waals surface area contributed by atoms with Gasteiger partial charge in [-0.3, -0.25) is 9.10 Å². The molecule has 0 atom stereocenters. The smallest absolute Gasteiger partial charge is 0.372 e. The maximum Gasteiger partial charge on any atom is 0.372 e. The van der Waals surface area contributed by atoms with Gasteiger partial charge in [0.05, 0.1) is 16.3 Å². The van der Waals surface area contributed by atoms with E-state index in [0.717, 1.165) is 11.3 Å². The van der Waals surface area contributed by atoms with Gasteiger partial charge >= 0.3 is 5.97 Å². The largest absolute Gasteiger partial charge is 0.475 e. The average Bonchev–Trinajstić information content (AvgIpc) is 3.30. The van der Waals surface area contributed by atoms with Gasteiger partial charge in [-0.2, -0.15) is 0 Å². The van der Waals surface area contributed by atoms with E-state index in [1.807, 2.05) is 48.5 Å². The topological polar surface area (TPSA) is 111 Å². The van der Waals surface area contributed by atoms with E-state index in [9.17, 15) is 23.1 Å². The van der Waals surface area contributed by atoms with Crippen molar-refractivity contribution in [2.24, 2.45) is 0 Å². The second kappa shape index (κ2) is 11.1. The number of aromatic carboxylic acids is 1. The van der Waals surface area contributed by atoms with Crippen molar-refractivity contribution in [3.8, 4) is 0 Å². The predicted octanol–water partition coefficient (Wildman–Crippen LogP) is 4.55. The maximum atomic E-state index is 14.3. The van der Waals surface area contributed by atoms with Gasteiger partial charge in [-0.1, -0.05) is 42.5 Å². The summed E-state index contributed by atoms with van der Waals surface area (Å²) in [6.45, 7) is 5.64. The minimum Gasteiger partial charge on any atom is -0.475 e. The summed E-state index contributed by atoms with van der Waals surface area (Å²) in [5.74, 6) is -1.39. The molecule has 3 aromatic carbocycles. The van der Waals surface area contributed by atoms with Crippen molar-refractivity contribution < 1.29 is 27.5 Å². The van der Waals surface area contributed by atoms with Gasteiger partial charge in [0, 0.05) is 50.6 Å². The molecule has 0 aliphatic carbocycles. The molecule has 0 unspecified atom stereocenters. The Hall–Kier alpha value is -4.31. The summed E-state index contributed by atoms with van der Waals surface area (Å²) in [6.07, 6.45) is 0.489. The van der Waals surface area contributed by atoms with Crippen LogP contribution in [0, 0.1) is 6.92 Å². The molecule has 2 heterocycles. The monoisotopic (exact) mass is 561 g/mol. The van der Waals surface area contributed by atoms with E-state index in [-0.39, 0.29) is 23.1 Å². The van der Waals surface area contributed by atoms with E-state index in [1.54, 1.807) is 24.8 Å². The highest BCUT2D eigenvalue weighted by atomic mass is 32.2. The first kappa shape index (κ1) is 27.3. The molecule has 0 radical (unpaired) electrons. The molecule has 1 aliphatic rings. The zero-order chi connectivity index (χ0) is 28.4. The van der Waals surface area contributed by atoms with Crippen LogP contribution in [0.3, 0.4) is 0 Å². The number of para-hydroxylation sites is 2. The van der Waals surface area contributed by atoms with Gasteiger partial charge < -0.3 is 19.3 Å². The van der Waals surface area contributed by atoms with Crippen LogP contribution in [0.2, 0.25) is 0 Å². The van der Waals surface area contributed by atoms with Crippen molar-refractivity contribution in [3.63, 3.8) is 0 Å². The number of rotatable bonds is 8. The molecule has 208 valence electrons. The predicted molar refractivity (Wildman–Crippen MR) is 153 cm³/mol. The van der Waals surface area contributed by atoms with Gasteiger partial charge in [0.15, 0.2) is 0 Å². The Morgan fingerprint density at radius 2 is 1.62 bits per heavy atom. The number of sulfonamides is 1. The summed E-state index contributed by atoms with van der Waals surface area (Å²) in [5, 5.41) is 9.91. The Kier molecular flexibility index (Phi) is 7.53. The zero-order valence-electron chi connectivity index (χ0n) is 22.4. The number of piperazine rings is 1. The number of carboxylic acids is 1. The number of benzene rings is 3. The van der Waals surface area contributed by atoms with Crippen LogP contribution in [0.25, 0.3) is 11.0 Å². The Morgan fingerprint density at radius 3 is 2.30 bits per heavy atom. The molecule has 5 rings (SSSR count). The van der Waals surface area contributed by atoms with Crippen molar-refractivity contribution in [1.29, 1.82) is 0 Å². The molecule has 1 aromatic heterocycles. The van der Waals surface area contributed by atoms with Crippen molar-refractivity contribution >= 4 is 44.2 Å². The molecule has 9 nitrogen and oxygen atoms in total. The van der Waals surface area contributed by atoms with Crippen molar-refractivity contribution in [1.82, 2.24) is 4.90 Å². The van der Waals surface area contributed by atoms with E-state index in [1.165, 1.54) is 22.5 Å². The second-order valence-corrected chi connectivity index (χ2v) is 11.7. The number of fused-ring (bicyclic) bond motifs is 1. The molecule has 0 bridgehead atoms. The molecule has 1 fully saturated rings. The number of anilines is 2. The van der Waals surface area contributed by atoms with Gasteiger partial charge in [0.2, 0.25) is 11.7 Å². The Morgan fingerprint density at radius 1 is 0.950 bits per heavy atom. The zero-order valence-corrected chi connectivity index (χ0v) is 23.2. The van der Waals surface area contributed by atoms with E-state index >= 15 is 0 Å². The lowest BCUT2D eigenvalue weighted by atomic mass is 10.1. The van der Waals surface area contributed by atoms with Gasteiger partial charge in [-0.05, 0) is 49.2 Å². The van der Waals surface area contributed by atoms with Crippen LogP contribution in [0.1, 0.15) is 28.6 Å². The lowest BCUT2D eigenvalue weighted by molar-refractivity contribution is -0.129. The molecule has 40 heavy (non-hydrogen) atoms. The SMILES string of the molecule is CC(=O)N1CCN(c2ccccc2N(CCc2ccccc2)S(=O)(=O)c2ccc3oc(C(=O)O)c(C)c3c2)CC1.